The van der Waals surface area contributed by atoms with Crippen molar-refractivity contribution >= 4 is 11.8 Å². The van der Waals surface area contributed by atoms with Crippen LogP contribution in [0.5, 0.6) is 0 Å². The van der Waals surface area contributed by atoms with E-state index >= 15 is 0 Å². The molecule has 3 heteroatoms. The summed E-state index contributed by atoms with van der Waals surface area (Å²) in [6.45, 7) is 7.66. The summed E-state index contributed by atoms with van der Waals surface area (Å²) in [6, 6.07) is 0.601. The fraction of sp³-hybridized carbons (Fsp3) is 1.00. The van der Waals surface area contributed by atoms with Crippen molar-refractivity contribution in [3.8, 4) is 0 Å². The Labute approximate surface area is 119 Å². The molecule has 18 heavy (non-hydrogen) atoms. The van der Waals surface area contributed by atoms with E-state index in [-0.39, 0.29) is 5.54 Å². The quantitative estimate of drug-likeness (QED) is 0.582. The summed E-state index contributed by atoms with van der Waals surface area (Å²) in [5.41, 5.74) is 6.20. The van der Waals surface area contributed by atoms with E-state index < -0.39 is 0 Å². The van der Waals surface area contributed by atoms with Crippen LogP contribution in [-0.4, -0.2) is 42.1 Å². The van der Waals surface area contributed by atoms with Gasteiger partial charge in [0.2, 0.25) is 0 Å². The Kier molecular flexibility index (Phi) is 10.3. The van der Waals surface area contributed by atoms with Crippen molar-refractivity contribution in [2.24, 2.45) is 5.73 Å². The molecular weight excluding hydrogens is 240 g/mol. The predicted octanol–water partition coefficient (Wildman–Crippen LogP) is 3.75. The lowest BCUT2D eigenvalue weighted by Crippen LogP contribution is -2.53. The third-order valence-electron chi connectivity index (χ3n) is 4.18. The summed E-state index contributed by atoms with van der Waals surface area (Å²) in [6.07, 6.45) is 10.1. The summed E-state index contributed by atoms with van der Waals surface area (Å²) in [5.74, 6) is 1.18. The second kappa shape index (κ2) is 10.1. The van der Waals surface area contributed by atoms with Gasteiger partial charge in [0.05, 0.1) is 0 Å². The molecule has 0 amide bonds. The van der Waals surface area contributed by atoms with Gasteiger partial charge < -0.3 is 5.73 Å². The molecule has 0 aliphatic heterocycles. The zero-order valence-corrected chi connectivity index (χ0v) is 14.0. The van der Waals surface area contributed by atoms with Gasteiger partial charge in [-0.25, -0.2) is 0 Å². The minimum absolute atomic E-state index is 0.168. The van der Waals surface area contributed by atoms with Crippen molar-refractivity contribution in [1.82, 2.24) is 4.90 Å². The zero-order chi connectivity index (χ0) is 14.0. The molecule has 2 nitrogen and oxygen atoms in total. The molecule has 2 N–H and O–H groups in total. The number of nitrogens with two attached hydrogens (primary N) is 1. The lowest BCUT2D eigenvalue weighted by atomic mass is 9.91. The third kappa shape index (κ3) is 6.44. The molecule has 0 aliphatic rings. The van der Waals surface area contributed by atoms with Crippen LogP contribution in [0.4, 0.5) is 0 Å². The molecule has 0 rings (SSSR count). The van der Waals surface area contributed by atoms with Gasteiger partial charge in [-0.1, -0.05) is 39.0 Å². The van der Waals surface area contributed by atoms with Crippen LogP contribution in [-0.2, 0) is 0 Å². The Morgan fingerprint density at radius 3 is 2.33 bits per heavy atom. The highest BCUT2D eigenvalue weighted by Gasteiger charge is 2.29. The lowest BCUT2D eigenvalue weighted by molar-refractivity contribution is 0.0992. The topological polar surface area (TPSA) is 29.3 Å². The van der Waals surface area contributed by atoms with Gasteiger partial charge in [-0.2, -0.15) is 11.8 Å². The minimum atomic E-state index is 0.168. The molecule has 0 heterocycles. The highest BCUT2D eigenvalue weighted by molar-refractivity contribution is 7.98. The fourth-order valence-corrected chi connectivity index (χ4v) is 3.12. The SMILES string of the molecule is CCCCCCCC(C)(CN)N(C)C(C)CSC. The van der Waals surface area contributed by atoms with Crippen LogP contribution in [0.25, 0.3) is 0 Å². The van der Waals surface area contributed by atoms with Crippen molar-refractivity contribution in [2.75, 3.05) is 25.6 Å². The summed E-state index contributed by atoms with van der Waals surface area (Å²) in [7, 11) is 2.24. The molecule has 0 aromatic rings. The van der Waals surface area contributed by atoms with Gasteiger partial charge in [0.15, 0.2) is 0 Å². The van der Waals surface area contributed by atoms with Crippen LogP contribution in [0.3, 0.4) is 0 Å². The zero-order valence-electron chi connectivity index (χ0n) is 13.2. The van der Waals surface area contributed by atoms with Crippen LogP contribution >= 0.6 is 11.8 Å². The Balaban J connectivity index is 4.14. The summed E-state index contributed by atoms with van der Waals surface area (Å²) >= 11 is 1.92. The van der Waals surface area contributed by atoms with E-state index in [0.29, 0.717) is 6.04 Å². The molecule has 110 valence electrons. The molecular formula is C15H34N2S. The molecule has 0 aromatic heterocycles. The van der Waals surface area contributed by atoms with E-state index in [0.717, 1.165) is 6.54 Å². The largest absolute Gasteiger partial charge is 0.329 e. The lowest BCUT2D eigenvalue weighted by Gasteiger charge is -2.42. The highest BCUT2D eigenvalue weighted by Crippen LogP contribution is 2.23. The van der Waals surface area contributed by atoms with Gasteiger partial charge in [-0.15, -0.1) is 0 Å². The van der Waals surface area contributed by atoms with Crippen LogP contribution < -0.4 is 5.73 Å². The molecule has 2 unspecified atom stereocenters. The van der Waals surface area contributed by atoms with Gasteiger partial charge in [0.1, 0.15) is 0 Å². The molecule has 0 spiro atoms. The first-order valence-corrected chi connectivity index (χ1v) is 8.83. The summed E-state index contributed by atoms with van der Waals surface area (Å²) < 4.78 is 0. The van der Waals surface area contributed by atoms with Crippen molar-refractivity contribution in [2.45, 2.75) is 70.9 Å². The van der Waals surface area contributed by atoms with Crippen molar-refractivity contribution in [3.05, 3.63) is 0 Å². The van der Waals surface area contributed by atoms with E-state index in [1.165, 1.54) is 44.3 Å². The van der Waals surface area contributed by atoms with Gasteiger partial charge >= 0.3 is 0 Å². The number of unbranched alkanes of at least 4 members (excludes halogenated alkanes) is 4. The molecule has 0 fully saturated rings. The number of hydrogen-bond acceptors (Lipinski definition) is 3. The summed E-state index contributed by atoms with van der Waals surface area (Å²) in [4.78, 5) is 2.49. The third-order valence-corrected chi connectivity index (χ3v) is 4.99. The summed E-state index contributed by atoms with van der Waals surface area (Å²) in [5, 5.41) is 0. The van der Waals surface area contributed by atoms with Gasteiger partial charge in [0, 0.05) is 23.9 Å². The smallest absolute Gasteiger partial charge is 0.0303 e. The van der Waals surface area contributed by atoms with Crippen molar-refractivity contribution < 1.29 is 0 Å². The van der Waals surface area contributed by atoms with Crippen LogP contribution in [0.1, 0.15) is 59.3 Å². The maximum absolute atomic E-state index is 6.03. The number of nitrogens with zero attached hydrogens (tertiary/aromatic N) is 1. The molecule has 2 atom stereocenters. The number of thioether (sulfide) groups is 1. The van der Waals surface area contributed by atoms with E-state index in [4.69, 9.17) is 5.73 Å². The van der Waals surface area contributed by atoms with E-state index in [1.54, 1.807) is 0 Å². The number of likely N-dealkylation sites (N-methyl/N-ethyl adjacent to an activating group) is 1. The normalized spacial score (nSPS) is 16.8. The first kappa shape index (κ1) is 18.3. The average molecular weight is 275 g/mol. The minimum Gasteiger partial charge on any atom is -0.329 e. The predicted molar refractivity (Wildman–Crippen MR) is 86.4 cm³/mol. The first-order chi connectivity index (χ1) is 8.51. The maximum atomic E-state index is 6.03. The van der Waals surface area contributed by atoms with E-state index in [1.807, 2.05) is 11.8 Å². The van der Waals surface area contributed by atoms with Crippen molar-refractivity contribution in [1.29, 1.82) is 0 Å². The molecule has 0 radical (unpaired) electrons. The molecule has 0 aliphatic carbocycles. The Hall–Kier alpha value is 0.270. The molecule has 0 saturated heterocycles. The number of rotatable bonds is 11. The highest BCUT2D eigenvalue weighted by atomic mass is 32.2. The van der Waals surface area contributed by atoms with Crippen LogP contribution in [0, 0.1) is 0 Å². The van der Waals surface area contributed by atoms with Gasteiger partial charge in [-0.05, 0) is 33.6 Å². The average Bonchev–Trinajstić information content (AvgIpc) is 2.37. The van der Waals surface area contributed by atoms with E-state index in [2.05, 4.69) is 39.0 Å². The monoisotopic (exact) mass is 274 g/mol. The first-order valence-electron chi connectivity index (χ1n) is 7.43. The molecule has 0 bridgehead atoms. The van der Waals surface area contributed by atoms with Crippen LogP contribution in [0.2, 0.25) is 0 Å². The second-order valence-corrected chi connectivity index (χ2v) is 6.69. The van der Waals surface area contributed by atoms with E-state index in [9.17, 15) is 0 Å². The Bertz CT molecular complexity index is 199. The molecule has 0 saturated carbocycles. The molecule has 0 aromatic carbocycles. The van der Waals surface area contributed by atoms with Crippen LogP contribution in [0.15, 0.2) is 0 Å². The standard InChI is InChI=1S/C15H34N2S/c1-6-7-8-9-10-11-15(3,13-16)17(4)14(2)12-18-5/h14H,6-13,16H2,1-5H3. The van der Waals surface area contributed by atoms with Gasteiger partial charge in [0.25, 0.3) is 0 Å². The number of hydrogen-bond donors (Lipinski definition) is 1. The van der Waals surface area contributed by atoms with Crippen molar-refractivity contribution in [3.63, 3.8) is 0 Å². The second-order valence-electron chi connectivity index (χ2n) is 5.78. The Morgan fingerprint density at radius 1 is 1.22 bits per heavy atom. The Morgan fingerprint density at radius 2 is 1.83 bits per heavy atom. The fourth-order valence-electron chi connectivity index (χ4n) is 2.42. The maximum Gasteiger partial charge on any atom is 0.0303 e. The van der Waals surface area contributed by atoms with Gasteiger partial charge in [-0.3, -0.25) is 4.90 Å².